The minimum atomic E-state index is -0.794. The van der Waals surface area contributed by atoms with Crippen LogP contribution in [-0.2, 0) is 4.79 Å². The Balaban J connectivity index is 2.68. The van der Waals surface area contributed by atoms with Crippen LogP contribution in [0.1, 0.15) is 27.2 Å². The number of aliphatic carboxylic acids is 1. The summed E-state index contributed by atoms with van der Waals surface area (Å²) in [5.41, 5.74) is -0.720. The molecule has 1 fully saturated rings. The Bertz CT molecular complexity index is 225. The largest absolute Gasteiger partial charge is 0.480 e. The number of aliphatic hydroxyl groups is 1. The maximum absolute atomic E-state index is 11.0. The Kier molecular flexibility index (Phi) is 3.17. The molecule has 0 spiro atoms. The minimum absolute atomic E-state index is 0.0707. The average Bonchev–Trinajstić information content (AvgIpc) is 2.28. The van der Waals surface area contributed by atoms with Crippen LogP contribution in [0.15, 0.2) is 0 Å². The summed E-state index contributed by atoms with van der Waals surface area (Å²) in [7, 11) is 0. The van der Waals surface area contributed by atoms with Gasteiger partial charge >= 0.3 is 5.97 Å². The standard InChI is InChI=1S/C10H19NO3/c1-7(2)8(9(12)13)11-5-4-10(3,14)6-11/h7-8,14H,4-6H2,1-3H3,(H,12,13). The molecule has 2 unspecified atom stereocenters. The lowest BCUT2D eigenvalue weighted by Gasteiger charge is -2.28. The van der Waals surface area contributed by atoms with Crippen molar-refractivity contribution in [2.24, 2.45) is 5.92 Å². The van der Waals surface area contributed by atoms with Gasteiger partial charge in [0.05, 0.1) is 5.60 Å². The summed E-state index contributed by atoms with van der Waals surface area (Å²) in [4.78, 5) is 12.9. The summed E-state index contributed by atoms with van der Waals surface area (Å²) in [5, 5.41) is 18.8. The summed E-state index contributed by atoms with van der Waals surface area (Å²) >= 11 is 0. The Morgan fingerprint density at radius 1 is 1.50 bits per heavy atom. The van der Waals surface area contributed by atoms with E-state index in [1.165, 1.54) is 0 Å². The number of carboxylic acid groups (broad SMARTS) is 1. The van der Waals surface area contributed by atoms with Gasteiger partial charge in [0.1, 0.15) is 6.04 Å². The fraction of sp³-hybridized carbons (Fsp3) is 0.900. The Morgan fingerprint density at radius 3 is 2.36 bits per heavy atom. The molecule has 2 N–H and O–H groups in total. The van der Waals surface area contributed by atoms with Crippen LogP contribution in [0, 0.1) is 5.92 Å². The quantitative estimate of drug-likeness (QED) is 0.700. The van der Waals surface area contributed by atoms with Crippen LogP contribution in [0.4, 0.5) is 0 Å². The van der Waals surface area contributed by atoms with E-state index >= 15 is 0 Å². The van der Waals surface area contributed by atoms with Gasteiger partial charge in [0.25, 0.3) is 0 Å². The van der Waals surface area contributed by atoms with Gasteiger partial charge in [0, 0.05) is 13.1 Å². The van der Waals surface area contributed by atoms with Crippen LogP contribution in [0.25, 0.3) is 0 Å². The zero-order valence-corrected chi connectivity index (χ0v) is 9.03. The van der Waals surface area contributed by atoms with Crippen LogP contribution in [0.5, 0.6) is 0 Å². The normalized spacial score (nSPS) is 30.9. The molecule has 14 heavy (non-hydrogen) atoms. The number of β-amino-alcohol motifs (C(OH)–C–C–N with tert-alkyl or cyclic N) is 1. The van der Waals surface area contributed by atoms with Gasteiger partial charge in [-0.1, -0.05) is 13.8 Å². The third kappa shape index (κ3) is 2.45. The van der Waals surface area contributed by atoms with Crippen LogP contribution in [0.3, 0.4) is 0 Å². The molecule has 0 radical (unpaired) electrons. The summed E-state index contributed by atoms with van der Waals surface area (Å²) in [6, 6.07) is -0.469. The lowest BCUT2D eigenvalue weighted by atomic mass is 10.0. The molecule has 1 saturated heterocycles. The molecule has 0 aromatic rings. The summed E-state index contributed by atoms with van der Waals surface area (Å²) in [6.45, 7) is 6.67. The van der Waals surface area contributed by atoms with Gasteiger partial charge in [0.2, 0.25) is 0 Å². The molecule has 82 valence electrons. The molecule has 2 atom stereocenters. The highest BCUT2D eigenvalue weighted by Gasteiger charge is 2.38. The van der Waals surface area contributed by atoms with Crippen molar-refractivity contribution in [1.82, 2.24) is 4.90 Å². The molecule has 0 amide bonds. The second-order valence-corrected chi connectivity index (χ2v) is 4.74. The lowest BCUT2D eigenvalue weighted by molar-refractivity contribution is -0.144. The molecule has 1 rings (SSSR count). The average molecular weight is 201 g/mol. The fourth-order valence-electron chi connectivity index (χ4n) is 2.08. The molecule has 4 heteroatoms. The number of carboxylic acids is 1. The van der Waals surface area contributed by atoms with Crippen LogP contribution in [-0.4, -0.2) is 45.8 Å². The number of carbonyl (C=O) groups is 1. The van der Waals surface area contributed by atoms with Crippen molar-refractivity contribution in [1.29, 1.82) is 0 Å². The molecule has 0 bridgehead atoms. The Morgan fingerprint density at radius 2 is 2.07 bits per heavy atom. The maximum atomic E-state index is 11.0. The van der Waals surface area contributed by atoms with Gasteiger partial charge < -0.3 is 10.2 Å². The van der Waals surface area contributed by atoms with Gasteiger partial charge in [-0.05, 0) is 19.3 Å². The van der Waals surface area contributed by atoms with Crippen LogP contribution < -0.4 is 0 Å². The highest BCUT2D eigenvalue weighted by molar-refractivity contribution is 5.73. The second-order valence-electron chi connectivity index (χ2n) is 4.74. The summed E-state index contributed by atoms with van der Waals surface area (Å²) in [5.74, 6) is -0.723. The number of nitrogens with zero attached hydrogens (tertiary/aromatic N) is 1. The number of hydrogen-bond acceptors (Lipinski definition) is 3. The van der Waals surface area contributed by atoms with Gasteiger partial charge in [-0.25, -0.2) is 0 Å². The topological polar surface area (TPSA) is 60.8 Å². The van der Waals surface area contributed by atoms with E-state index in [1.807, 2.05) is 18.7 Å². The smallest absolute Gasteiger partial charge is 0.321 e. The first-order valence-electron chi connectivity index (χ1n) is 5.03. The number of rotatable bonds is 3. The Hall–Kier alpha value is -0.610. The lowest BCUT2D eigenvalue weighted by Crippen LogP contribution is -2.45. The first kappa shape index (κ1) is 11.5. The molecule has 0 aromatic heterocycles. The molecule has 1 aliphatic rings. The molecule has 0 aliphatic carbocycles. The highest BCUT2D eigenvalue weighted by Crippen LogP contribution is 2.24. The summed E-state index contributed by atoms with van der Waals surface area (Å²) < 4.78 is 0. The van der Waals surface area contributed by atoms with Gasteiger partial charge in [-0.15, -0.1) is 0 Å². The predicted molar refractivity (Wildman–Crippen MR) is 53.1 cm³/mol. The van der Waals surface area contributed by atoms with Crippen molar-refractivity contribution in [2.75, 3.05) is 13.1 Å². The van der Waals surface area contributed by atoms with Gasteiger partial charge in [-0.3, -0.25) is 9.69 Å². The van der Waals surface area contributed by atoms with E-state index in [1.54, 1.807) is 6.92 Å². The van der Waals surface area contributed by atoms with Crippen molar-refractivity contribution < 1.29 is 15.0 Å². The fourth-order valence-corrected chi connectivity index (χ4v) is 2.08. The molecule has 0 aromatic carbocycles. The zero-order valence-electron chi connectivity index (χ0n) is 9.03. The third-order valence-corrected chi connectivity index (χ3v) is 2.76. The minimum Gasteiger partial charge on any atom is -0.480 e. The first-order valence-corrected chi connectivity index (χ1v) is 5.03. The van der Waals surface area contributed by atoms with E-state index in [2.05, 4.69) is 0 Å². The number of likely N-dealkylation sites (tertiary alicyclic amines) is 1. The summed E-state index contributed by atoms with van der Waals surface area (Å²) in [6.07, 6.45) is 0.656. The van der Waals surface area contributed by atoms with Gasteiger partial charge in [0.15, 0.2) is 0 Å². The Labute approximate surface area is 84.5 Å². The first-order chi connectivity index (χ1) is 6.33. The van der Waals surface area contributed by atoms with E-state index in [-0.39, 0.29) is 5.92 Å². The van der Waals surface area contributed by atoms with Crippen LogP contribution in [0.2, 0.25) is 0 Å². The molecule has 1 aliphatic heterocycles. The van der Waals surface area contributed by atoms with E-state index in [9.17, 15) is 9.90 Å². The monoisotopic (exact) mass is 201 g/mol. The molecule has 4 nitrogen and oxygen atoms in total. The van der Waals surface area contributed by atoms with E-state index < -0.39 is 17.6 Å². The highest BCUT2D eigenvalue weighted by atomic mass is 16.4. The van der Waals surface area contributed by atoms with Crippen LogP contribution >= 0.6 is 0 Å². The number of hydrogen-bond donors (Lipinski definition) is 2. The van der Waals surface area contributed by atoms with Gasteiger partial charge in [-0.2, -0.15) is 0 Å². The van der Waals surface area contributed by atoms with E-state index in [4.69, 9.17) is 5.11 Å². The zero-order chi connectivity index (χ0) is 10.9. The maximum Gasteiger partial charge on any atom is 0.321 e. The van der Waals surface area contributed by atoms with Crippen molar-refractivity contribution in [2.45, 2.75) is 38.8 Å². The predicted octanol–water partition coefficient (Wildman–Crippen LogP) is 0.552. The SMILES string of the molecule is CC(C)C(C(=O)O)N1CCC(C)(O)C1. The molecule has 0 saturated carbocycles. The van der Waals surface area contributed by atoms with E-state index in [0.29, 0.717) is 19.5 Å². The molecular formula is C10H19NO3. The van der Waals surface area contributed by atoms with Crippen molar-refractivity contribution in [3.05, 3.63) is 0 Å². The van der Waals surface area contributed by atoms with Crippen molar-refractivity contribution in [3.63, 3.8) is 0 Å². The third-order valence-electron chi connectivity index (χ3n) is 2.76. The van der Waals surface area contributed by atoms with Crippen molar-refractivity contribution in [3.8, 4) is 0 Å². The van der Waals surface area contributed by atoms with Crippen molar-refractivity contribution >= 4 is 5.97 Å². The van der Waals surface area contributed by atoms with E-state index in [0.717, 1.165) is 0 Å². The molecule has 1 heterocycles. The second kappa shape index (κ2) is 3.87. The molecular weight excluding hydrogens is 182 g/mol.